The van der Waals surface area contributed by atoms with Crippen LogP contribution in [-0.2, 0) is 4.74 Å². The minimum absolute atomic E-state index is 0.0355. The number of nitrogens with zero attached hydrogens (tertiary/aromatic N) is 3. The maximum Gasteiger partial charge on any atom is 0.276 e. The van der Waals surface area contributed by atoms with Crippen molar-refractivity contribution >= 4 is 17.3 Å². The summed E-state index contributed by atoms with van der Waals surface area (Å²) in [7, 11) is 0. The minimum atomic E-state index is -0.467. The number of aromatic nitrogens is 1. The number of hydrogen-bond donors (Lipinski definition) is 1. The Hall–Kier alpha value is -1.89. The minimum Gasteiger partial charge on any atom is -0.383 e. The molecule has 7 nitrogen and oxygen atoms in total. The van der Waals surface area contributed by atoms with E-state index in [0.717, 1.165) is 0 Å². The maximum atomic E-state index is 10.7. The average Bonchev–Trinajstić information content (AvgIpc) is 2.28. The zero-order valence-electron chi connectivity index (χ0n) is 9.50. The fraction of sp³-hybridized carbons (Fsp3) is 0.500. The standard InChI is InChI=1S/C10H14N4O3/c1-7-6-13(2-3-17-7)10-5-8(14(15)16)4-9(11)12-10/h4-5,7H,2-3,6H2,1H3,(H2,11,12). The molecule has 1 aliphatic heterocycles. The van der Waals surface area contributed by atoms with Crippen molar-refractivity contribution < 1.29 is 9.66 Å². The number of nitrogens with two attached hydrogens (primary N) is 1. The van der Waals surface area contributed by atoms with E-state index in [0.29, 0.717) is 25.5 Å². The van der Waals surface area contributed by atoms with Gasteiger partial charge in [0.15, 0.2) is 0 Å². The lowest BCUT2D eigenvalue weighted by molar-refractivity contribution is -0.384. The van der Waals surface area contributed by atoms with Crippen LogP contribution in [0.1, 0.15) is 6.92 Å². The summed E-state index contributed by atoms with van der Waals surface area (Å²) in [5.74, 6) is 0.695. The molecule has 0 amide bonds. The SMILES string of the molecule is CC1CN(c2cc([N+](=O)[O-])cc(N)n2)CCO1. The van der Waals surface area contributed by atoms with Gasteiger partial charge in [0.1, 0.15) is 11.6 Å². The summed E-state index contributed by atoms with van der Waals surface area (Å²) in [4.78, 5) is 16.3. The quantitative estimate of drug-likeness (QED) is 0.604. The van der Waals surface area contributed by atoms with Crippen molar-refractivity contribution in [2.75, 3.05) is 30.3 Å². The first-order chi connectivity index (χ1) is 8.06. The predicted octanol–water partition coefficient (Wildman–Crippen LogP) is 0.797. The van der Waals surface area contributed by atoms with Crippen LogP contribution in [0.3, 0.4) is 0 Å². The Balaban J connectivity index is 2.28. The summed E-state index contributed by atoms with van der Waals surface area (Å²) in [6.07, 6.45) is 0.0889. The van der Waals surface area contributed by atoms with Crippen LogP contribution in [0.15, 0.2) is 12.1 Å². The van der Waals surface area contributed by atoms with Gasteiger partial charge in [0.25, 0.3) is 5.69 Å². The molecule has 0 spiro atoms. The summed E-state index contributed by atoms with van der Waals surface area (Å²) < 4.78 is 5.40. The highest BCUT2D eigenvalue weighted by atomic mass is 16.6. The number of rotatable bonds is 2. The van der Waals surface area contributed by atoms with E-state index in [2.05, 4.69) is 4.98 Å². The molecule has 7 heteroatoms. The van der Waals surface area contributed by atoms with Crippen molar-refractivity contribution in [3.8, 4) is 0 Å². The van der Waals surface area contributed by atoms with Gasteiger partial charge >= 0.3 is 0 Å². The number of anilines is 2. The fourth-order valence-corrected chi connectivity index (χ4v) is 1.82. The van der Waals surface area contributed by atoms with E-state index in [1.165, 1.54) is 12.1 Å². The van der Waals surface area contributed by atoms with Crippen LogP contribution in [-0.4, -0.2) is 35.7 Å². The van der Waals surface area contributed by atoms with Gasteiger partial charge in [0, 0.05) is 13.1 Å². The Morgan fingerprint density at radius 1 is 1.65 bits per heavy atom. The molecule has 92 valence electrons. The number of hydrogen-bond acceptors (Lipinski definition) is 6. The van der Waals surface area contributed by atoms with Gasteiger partial charge in [-0.25, -0.2) is 4.98 Å². The molecule has 0 aliphatic carbocycles. The zero-order valence-corrected chi connectivity index (χ0v) is 9.50. The Kier molecular flexibility index (Phi) is 3.10. The molecular formula is C10H14N4O3. The van der Waals surface area contributed by atoms with Crippen molar-refractivity contribution in [3.05, 3.63) is 22.2 Å². The summed E-state index contributed by atoms with van der Waals surface area (Å²) in [5, 5.41) is 10.7. The third-order valence-electron chi connectivity index (χ3n) is 2.59. The largest absolute Gasteiger partial charge is 0.383 e. The Bertz CT molecular complexity index is 438. The van der Waals surface area contributed by atoms with Crippen molar-refractivity contribution in [1.29, 1.82) is 0 Å². The van der Waals surface area contributed by atoms with E-state index in [-0.39, 0.29) is 17.6 Å². The summed E-state index contributed by atoms with van der Waals surface area (Å²) in [6.45, 7) is 3.86. The monoisotopic (exact) mass is 238 g/mol. The van der Waals surface area contributed by atoms with Gasteiger partial charge in [0.05, 0.1) is 29.8 Å². The van der Waals surface area contributed by atoms with E-state index in [9.17, 15) is 10.1 Å². The van der Waals surface area contributed by atoms with Crippen molar-refractivity contribution in [3.63, 3.8) is 0 Å². The first-order valence-corrected chi connectivity index (χ1v) is 5.35. The van der Waals surface area contributed by atoms with Crippen LogP contribution < -0.4 is 10.6 Å². The Morgan fingerprint density at radius 3 is 3.06 bits per heavy atom. The van der Waals surface area contributed by atoms with E-state index in [1.54, 1.807) is 0 Å². The Labute approximate surface area is 98.3 Å². The molecule has 2 heterocycles. The smallest absolute Gasteiger partial charge is 0.276 e. The molecule has 1 atom stereocenters. The van der Waals surface area contributed by atoms with Crippen molar-refractivity contribution in [1.82, 2.24) is 4.98 Å². The van der Waals surface area contributed by atoms with Gasteiger partial charge in [-0.1, -0.05) is 0 Å². The molecule has 1 aromatic rings. The van der Waals surface area contributed by atoms with E-state index < -0.39 is 4.92 Å². The van der Waals surface area contributed by atoms with Gasteiger partial charge in [-0.15, -0.1) is 0 Å². The second kappa shape index (κ2) is 4.54. The third-order valence-corrected chi connectivity index (χ3v) is 2.59. The molecule has 2 rings (SSSR count). The van der Waals surface area contributed by atoms with E-state index >= 15 is 0 Å². The van der Waals surface area contributed by atoms with Gasteiger partial charge in [-0.2, -0.15) is 0 Å². The van der Waals surface area contributed by atoms with Gasteiger partial charge in [-0.05, 0) is 6.92 Å². The lowest BCUT2D eigenvalue weighted by Crippen LogP contribution is -2.41. The average molecular weight is 238 g/mol. The number of ether oxygens (including phenoxy) is 1. The van der Waals surface area contributed by atoms with Crippen LogP contribution >= 0.6 is 0 Å². The molecule has 17 heavy (non-hydrogen) atoms. The highest BCUT2D eigenvalue weighted by Crippen LogP contribution is 2.23. The molecule has 0 aromatic carbocycles. The number of nitro groups is 1. The molecule has 0 saturated carbocycles. The molecule has 0 radical (unpaired) electrons. The predicted molar refractivity (Wildman–Crippen MR) is 62.9 cm³/mol. The van der Waals surface area contributed by atoms with Crippen LogP contribution in [0, 0.1) is 10.1 Å². The first kappa shape index (κ1) is 11.6. The van der Waals surface area contributed by atoms with E-state index in [4.69, 9.17) is 10.5 Å². The first-order valence-electron chi connectivity index (χ1n) is 5.35. The zero-order chi connectivity index (χ0) is 12.4. The normalized spacial score (nSPS) is 20.3. The van der Waals surface area contributed by atoms with Crippen LogP contribution in [0.4, 0.5) is 17.3 Å². The molecule has 2 N–H and O–H groups in total. The van der Waals surface area contributed by atoms with Gasteiger partial charge < -0.3 is 15.4 Å². The second-order valence-electron chi connectivity index (χ2n) is 3.99. The molecule has 0 bridgehead atoms. The number of pyridine rings is 1. The molecule has 1 saturated heterocycles. The maximum absolute atomic E-state index is 10.7. The second-order valence-corrected chi connectivity index (χ2v) is 3.99. The number of morpholine rings is 1. The third kappa shape index (κ3) is 2.62. The molecule has 1 aliphatic rings. The number of nitrogen functional groups attached to an aromatic ring is 1. The van der Waals surface area contributed by atoms with E-state index in [1.807, 2.05) is 11.8 Å². The lowest BCUT2D eigenvalue weighted by Gasteiger charge is -2.31. The fourth-order valence-electron chi connectivity index (χ4n) is 1.82. The van der Waals surface area contributed by atoms with Crippen molar-refractivity contribution in [2.24, 2.45) is 0 Å². The van der Waals surface area contributed by atoms with Gasteiger partial charge in [0.2, 0.25) is 0 Å². The lowest BCUT2D eigenvalue weighted by atomic mass is 10.3. The van der Waals surface area contributed by atoms with Crippen LogP contribution in [0.5, 0.6) is 0 Å². The molecule has 1 unspecified atom stereocenters. The van der Waals surface area contributed by atoms with Gasteiger partial charge in [-0.3, -0.25) is 10.1 Å². The molecular weight excluding hydrogens is 224 g/mol. The van der Waals surface area contributed by atoms with Crippen LogP contribution in [0.2, 0.25) is 0 Å². The topological polar surface area (TPSA) is 94.5 Å². The molecule has 1 fully saturated rings. The summed E-state index contributed by atoms with van der Waals surface area (Å²) in [5.41, 5.74) is 5.53. The summed E-state index contributed by atoms with van der Waals surface area (Å²) in [6, 6.07) is 2.70. The molecule has 1 aromatic heterocycles. The highest BCUT2D eigenvalue weighted by Gasteiger charge is 2.20. The van der Waals surface area contributed by atoms with Crippen LogP contribution in [0.25, 0.3) is 0 Å². The highest BCUT2D eigenvalue weighted by molar-refractivity contribution is 5.54. The summed E-state index contributed by atoms with van der Waals surface area (Å²) >= 11 is 0. The van der Waals surface area contributed by atoms with Crippen molar-refractivity contribution in [2.45, 2.75) is 13.0 Å². The Morgan fingerprint density at radius 2 is 2.41 bits per heavy atom.